The van der Waals surface area contributed by atoms with Crippen LogP contribution < -0.4 is 10.6 Å². The molecule has 3 aromatic heterocycles. The third kappa shape index (κ3) is 6.40. The number of nitrogens with zero attached hydrogens (tertiary/aromatic N) is 4. The maximum atomic E-state index is 14.9. The normalized spacial score (nSPS) is 20.2. The highest BCUT2D eigenvalue weighted by Gasteiger charge is 2.42. The quantitative estimate of drug-likeness (QED) is 0.367. The standard InChI is InChI=1S/C20H21F6N7O4/c1-8(2)27-19(34)37-12-7-35-16(15(12)21)10-3-13(32-31-10)30-18-29-11(17(22)23)4-14-28-9(5-33(14)18)6-36-20(24,25)26/h3-5,8,12,15-17H,6-7H2,1-2H3,(H,27,34)(H2,29,30,31,32)/t12-,15+,16-/m1/s1. The Morgan fingerprint density at radius 1 is 1.30 bits per heavy atom. The molecule has 0 aromatic carbocycles. The van der Waals surface area contributed by atoms with Gasteiger partial charge in [-0.2, -0.15) is 5.10 Å². The average molecular weight is 537 g/mol. The van der Waals surface area contributed by atoms with Gasteiger partial charge in [0.15, 0.2) is 18.1 Å². The maximum absolute atomic E-state index is 14.9. The summed E-state index contributed by atoms with van der Waals surface area (Å²) in [7, 11) is 0. The van der Waals surface area contributed by atoms with E-state index >= 15 is 0 Å². The van der Waals surface area contributed by atoms with E-state index < -0.39 is 49.6 Å². The Balaban J connectivity index is 1.51. The number of amides is 1. The lowest BCUT2D eigenvalue weighted by Crippen LogP contribution is -2.36. The van der Waals surface area contributed by atoms with E-state index in [2.05, 4.69) is 35.5 Å². The summed E-state index contributed by atoms with van der Waals surface area (Å²) < 4.78 is 94.0. The van der Waals surface area contributed by atoms with E-state index in [0.717, 1.165) is 16.7 Å². The maximum Gasteiger partial charge on any atom is 0.522 e. The predicted octanol–water partition coefficient (Wildman–Crippen LogP) is 4.08. The first-order valence-corrected chi connectivity index (χ1v) is 10.8. The van der Waals surface area contributed by atoms with E-state index in [1.165, 1.54) is 6.07 Å². The minimum absolute atomic E-state index is 0.00901. The van der Waals surface area contributed by atoms with Crippen molar-refractivity contribution < 1.29 is 45.3 Å². The monoisotopic (exact) mass is 537 g/mol. The van der Waals surface area contributed by atoms with E-state index in [0.29, 0.717) is 0 Å². The van der Waals surface area contributed by atoms with Crippen molar-refractivity contribution in [2.75, 3.05) is 11.9 Å². The van der Waals surface area contributed by atoms with Gasteiger partial charge in [0.05, 0.1) is 24.6 Å². The smallest absolute Gasteiger partial charge is 0.441 e. The summed E-state index contributed by atoms with van der Waals surface area (Å²) in [6, 6.07) is 2.02. The zero-order chi connectivity index (χ0) is 26.9. The number of H-pyrrole nitrogens is 1. The number of alkyl carbamates (subject to hydrolysis) is 1. The van der Waals surface area contributed by atoms with Crippen LogP contribution in [0.25, 0.3) is 5.65 Å². The van der Waals surface area contributed by atoms with E-state index in [9.17, 15) is 31.1 Å². The molecule has 3 N–H and O–H groups in total. The Labute approximate surface area is 204 Å². The second-order valence-corrected chi connectivity index (χ2v) is 8.27. The van der Waals surface area contributed by atoms with E-state index in [4.69, 9.17) is 9.47 Å². The Kier molecular flexibility index (Phi) is 7.44. The molecule has 37 heavy (non-hydrogen) atoms. The fraction of sp³-hybridized carbons (Fsp3) is 0.500. The van der Waals surface area contributed by atoms with Crippen LogP contribution in [0, 0.1) is 0 Å². The summed E-state index contributed by atoms with van der Waals surface area (Å²) in [6.45, 7) is 2.26. The lowest BCUT2D eigenvalue weighted by Gasteiger charge is -2.16. The van der Waals surface area contributed by atoms with Crippen LogP contribution in [0.3, 0.4) is 0 Å². The lowest BCUT2D eigenvalue weighted by molar-refractivity contribution is -0.330. The summed E-state index contributed by atoms with van der Waals surface area (Å²) in [5.41, 5.74) is -0.853. The number of carbonyl (C=O) groups is 1. The molecule has 1 aliphatic rings. The fourth-order valence-electron chi connectivity index (χ4n) is 3.49. The van der Waals surface area contributed by atoms with Gasteiger partial charge in [0, 0.05) is 24.4 Å². The molecule has 17 heteroatoms. The molecule has 1 fully saturated rings. The van der Waals surface area contributed by atoms with Crippen molar-refractivity contribution in [2.24, 2.45) is 0 Å². The third-order valence-electron chi connectivity index (χ3n) is 5.02. The van der Waals surface area contributed by atoms with Gasteiger partial charge in [0.25, 0.3) is 6.43 Å². The van der Waals surface area contributed by atoms with Gasteiger partial charge in [0.1, 0.15) is 17.4 Å². The molecule has 1 saturated heterocycles. The number of rotatable bonds is 8. The SMILES string of the molecule is CC(C)NC(=O)O[C@@H]1CO[C@H](c2cc(Nc3nc(C(F)F)cc4nc(COC(F)(F)F)cn34)n[nH]2)[C@H]1F. The molecule has 0 aliphatic carbocycles. The van der Waals surface area contributed by atoms with Crippen LogP contribution in [-0.4, -0.2) is 61.9 Å². The highest BCUT2D eigenvalue weighted by atomic mass is 19.4. The summed E-state index contributed by atoms with van der Waals surface area (Å²) >= 11 is 0. The summed E-state index contributed by atoms with van der Waals surface area (Å²) in [5, 5.41) is 11.6. The molecule has 0 spiro atoms. The van der Waals surface area contributed by atoms with Crippen molar-refractivity contribution in [1.82, 2.24) is 29.9 Å². The molecule has 4 heterocycles. The molecule has 202 valence electrons. The van der Waals surface area contributed by atoms with Gasteiger partial charge in [0.2, 0.25) is 5.95 Å². The second-order valence-electron chi connectivity index (χ2n) is 8.27. The fourth-order valence-corrected chi connectivity index (χ4v) is 3.49. The van der Waals surface area contributed by atoms with Gasteiger partial charge in [-0.05, 0) is 13.8 Å². The highest BCUT2D eigenvalue weighted by Crippen LogP contribution is 2.34. The van der Waals surface area contributed by atoms with E-state index in [1.807, 2.05) is 0 Å². The van der Waals surface area contributed by atoms with Gasteiger partial charge < -0.3 is 20.1 Å². The van der Waals surface area contributed by atoms with Crippen LogP contribution in [0.5, 0.6) is 0 Å². The molecular formula is C20H21F6N7O4. The molecule has 0 unspecified atom stereocenters. The number of carbonyl (C=O) groups excluding carboxylic acids is 1. The Morgan fingerprint density at radius 2 is 2.05 bits per heavy atom. The topological polar surface area (TPSA) is 128 Å². The van der Waals surface area contributed by atoms with Gasteiger partial charge in [-0.1, -0.05) is 0 Å². The van der Waals surface area contributed by atoms with Gasteiger partial charge >= 0.3 is 12.5 Å². The van der Waals surface area contributed by atoms with Gasteiger partial charge in [-0.25, -0.2) is 27.9 Å². The summed E-state index contributed by atoms with van der Waals surface area (Å²) in [6.07, 6.45) is -11.7. The number of hydrogen-bond acceptors (Lipinski definition) is 8. The molecule has 0 bridgehead atoms. The number of nitrogens with one attached hydrogen (secondary N) is 3. The number of hydrogen-bond donors (Lipinski definition) is 3. The number of anilines is 2. The number of ether oxygens (including phenoxy) is 3. The Morgan fingerprint density at radius 3 is 2.73 bits per heavy atom. The number of aromatic amines is 1. The Hall–Kier alpha value is -3.60. The number of aromatic nitrogens is 5. The van der Waals surface area contributed by atoms with Crippen molar-refractivity contribution in [3.8, 4) is 0 Å². The molecule has 3 aromatic rings. The number of fused-ring (bicyclic) bond motifs is 1. The van der Waals surface area contributed by atoms with Crippen LogP contribution >= 0.6 is 0 Å². The average Bonchev–Trinajstić information content (AvgIpc) is 3.50. The molecule has 11 nitrogen and oxygen atoms in total. The van der Waals surface area contributed by atoms with E-state index in [1.54, 1.807) is 13.8 Å². The predicted molar refractivity (Wildman–Crippen MR) is 113 cm³/mol. The van der Waals surface area contributed by atoms with Gasteiger partial charge in [-0.3, -0.25) is 14.2 Å². The second kappa shape index (κ2) is 10.4. The van der Waals surface area contributed by atoms with Crippen LogP contribution in [0.2, 0.25) is 0 Å². The number of alkyl halides is 6. The third-order valence-corrected chi connectivity index (χ3v) is 5.02. The number of imidazole rings is 1. The van der Waals surface area contributed by atoms with Gasteiger partial charge in [-0.15, -0.1) is 13.2 Å². The van der Waals surface area contributed by atoms with E-state index in [-0.39, 0.29) is 41.4 Å². The highest BCUT2D eigenvalue weighted by molar-refractivity contribution is 5.67. The molecule has 1 amide bonds. The zero-order valence-corrected chi connectivity index (χ0v) is 19.2. The molecule has 1 aliphatic heterocycles. The van der Waals surface area contributed by atoms with Crippen LogP contribution in [0.1, 0.15) is 43.5 Å². The van der Waals surface area contributed by atoms with Crippen molar-refractivity contribution in [1.29, 1.82) is 0 Å². The molecule has 0 saturated carbocycles. The van der Waals surface area contributed by atoms with Crippen LogP contribution in [0.4, 0.5) is 42.9 Å². The lowest BCUT2D eigenvalue weighted by atomic mass is 10.1. The molecular weight excluding hydrogens is 516 g/mol. The summed E-state index contributed by atoms with van der Waals surface area (Å²) in [4.78, 5) is 19.4. The largest absolute Gasteiger partial charge is 0.522 e. The van der Waals surface area contributed by atoms with Crippen molar-refractivity contribution in [3.63, 3.8) is 0 Å². The zero-order valence-electron chi connectivity index (χ0n) is 19.2. The molecule has 3 atom stereocenters. The minimum Gasteiger partial charge on any atom is -0.441 e. The Bertz CT molecular complexity index is 1250. The van der Waals surface area contributed by atoms with Crippen LogP contribution in [0.15, 0.2) is 18.3 Å². The van der Waals surface area contributed by atoms with Crippen molar-refractivity contribution in [2.45, 2.75) is 57.7 Å². The van der Waals surface area contributed by atoms with Crippen molar-refractivity contribution in [3.05, 3.63) is 35.4 Å². The molecule has 4 rings (SSSR count). The first-order chi connectivity index (χ1) is 17.4. The first kappa shape index (κ1) is 26.5. The van der Waals surface area contributed by atoms with Crippen LogP contribution in [-0.2, 0) is 20.8 Å². The number of halogens is 6. The molecule has 0 radical (unpaired) electrons. The minimum atomic E-state index is -4.91. The summed E-state index contributed by atoms with van der Waals surface area (Å²) in [5.74, 6) is -0.234. The first-order valence-electron chi connectivity index (χ1n) is 10.8. The van der Waals surface area contributed by atoms with Crippen molar-refractivity contribution >= 4 is 23.5 Å².